The Bertz CT molecular complexity index is 902. The molecule has 1 N–H and O–H groups in total. The number of amides is 1. The Morgan fingerprint density at radius 1 is 1.26 bits per heavy atom. The van der Waals surface area contributed by atoms with Crippen molar-refractivity contribution in [1.82, 2.24) is 9.88 Å². The van der Waals surface area contributed by atoms with Crippen LogP contribution >= 0.6 is 22.7 Å². The molecule has 1 atom stereocenters. The number of nitrogens with zero attached hydrogens (tertiary/aromatic N) is 2. The Balaban J connectivity index is 1.57. The van der Waals surface area contributed by atoms with Gasteiger partial charge in [0.05, 0.1) is 12.1 Å². The molecule has 0 aliphatic carbocycles. The van der Waals surface area contributed by atoms with Crippen LogP contribution in [0.5, 0.6) is 0 Å². The second-order valence-corrected chi connectivity index (χ2v) is 8.80. The summed E-state index contributed by atoms with van der Waals surface area (Å²) in [5.74, 6) is -0.0232. The summed E-state index contributed by atoms with van der Waals surface area (Å²) in [5, 5.41) is 8.02. The molecule has 0 bridgehead atoms. The second-order valence-electron chi connectivity index (χ2n) is 6.88. The van der Waals surface area contributed by atoms with Gasteiger partial charge in [0.15, 0.2) is 0 Å². The van der Waals surface area contributed by atoms with Gasteiger partial charge in [0, 0.05) is 28.5 Å². The molecule has 0 fully saturated rings. The first kappa shape index (κ1) is 19.7. The van der Waals surface area contributed by atoms with Crippen molar-refractivity contribution in [3.63, 3.8) is 0 Å². The first-order chi connectivity index (χ1) is 12.9. The van der Waals surface area contributed by atoms with Crippen molar-refractivity contribution in [2.24, 2.45) is 0 Å². The molecule has 0 saturated heterocycles. The molecule has 3 aromatic rings. The maximum Gasteiger partial charge on any atom is 0.231 e. The van der Waals surface area contributed by atoms with E-state index < -0.39 is 0 Å². The highest BCUT2D eigenvalue weighted by molar-refractivity contribution is 7.10. The zero-order chi connectivity index (χ0) is 19.4. The van der Waals surface area contributed by atoms with Crippen molar-refractivity contribution >= 4 is 34.3 Å². The molecule has 4 nitrogen and oxygen atoms in total. The molecule has 0 saturated carbocycles. The highest BCUT2D eigenvalue weighted by Gasteiger charge is 2.15. The lowest BCUT2D eigenvalue weighted by Crippen LogP contribution is -2.21. The minimum atomic E-state index is -0.0232. The zero-order valence-electron chi connectivity index (χ0n) is 16.2. The van der Waals surface area contributed by atoms with Crippen molar-refractivity contribution in [3.8, 4) is 0 Å². The van der Waals surface area contributed by atoms with Gasteiger partial charge >= 0.3 is 0 Å². The number of hydrogen-bond donors (Lipinski definition) is 1. The van der Waals surface area contributed by atoms with E-state index in [1.54, 1.807) is 22.7 Å². The lowest BCUT2D eigenvalue weighted by molar-refractivity contribution is -0.115. The molecule has 27 heavy (non-hydrogen) atoms. The Labute approximate surface area is 168 Å². The van der Waals surface area contributed by atoms with Crippen LogP contribution in [0, 0.1) is 13.8 Å². The molecule has 3 rings (SSSR count). The number of thiazole rings is 1. The average molecular weight is 400 g/mol. The average Bonchev–Trinajstić information content (AvgIpc) is 3.29. The van der Waals surface area contributed by atoms with Gasteiger partial charge in [-0.25, -0.2) is 4.98 Å². The molecule has 0 radical (unpaired) electrons. The van der Waals surface area contributed by atoms with E-state index in [9.17, 15) is 4.79 Å². The summed E-state index contributed by atoms with van der Waals surface area (Å²) in [6, 6.07) is 10.7. The number of carbonyl (C=O) groups excluding carboxylic acids is 1. The highest BCUT2D eigenvalue weighted by Crippen LogP contribution is 2.25. The van der Waals surface area contributed by atoms with E-state index in [0.29, 0.717) is 12.5 Å². The lowest BCUT2D eigenvalue weighted by Gasteiger charge is -2.22. The van der Waals surface area contributed by atoms with E-state index in [1.165, 1.54) is 4.88 Å². The molecule has 1 amide bonds. The zero-order valence-corrected chi connectivity index (χ0v) is 17.8. The number of anilines is 1. The minimum Gasteiger partial charge on any atom is -0.325 e. The van der Waals surface area contributed by atoms with Crippen molar-refractivity contribution in [2.45, 2.75) is 39.8 Å². The molecule has 142 valence electrons. The van der Waals surface area contributed by atoms with Gasteiger partial charge in [0.1, 0.15) is 5.01 Å². The molecule has 1 aromatic carbocycles. The number of rotatable bonds is 7. The van der Waals surface area contributed by atoms with Gasteiger partial charge in [-0.2, -0.15) is 0 Å². The molecule has 0 spiro atoms. The van der Waals surface area contributed by atoms with Gasteiger partial charge in [-0.15, -0.1) is 22.7 Å². The number of nitrogens with one attached hydrogen (secondary N) is 1. The molecule has 2 heterocycles. The second kappa shape index (κ2) is 8.78. The largest absolute Gasteiger partial charge is 0.325 e. The highest BCUT2D eigenvalue weighted by atomic mass is 32.1. The number of aromatic nitrogens is 1. The molecule has 0 aliphatic heterocycles. The summed E-state index contributed by atoms with van der Waals surface area (Å²) in [7, 11) is 2.11. The van der Waals surface area contributed by atoms with Crippen molar-refractivity contribution in [1.29, 1.82) is 0 Å². The van der Waals surface area contributed by atoms with Crippen molar-refractivity contribution < 1.29 is 4.79 Å². The Morgan fingerprint density at radius 2 is 2.07 bits per heavy atom. The van der Waals surface area contributed by atoms with Gasteiger partial charge in [-0.1, -0.05) is 18.2 Å². The van der Waals surface area contributed by atoms with E-state index in [4.69, 9.17) is 0 Å². The van der Waals surface area contributed by atoms with E-state index >= 15 is 0 Å². The van der Waals surface area contributed by atoms with Crippen LogP contribution in [0.25, 0.3) is 0 Å². The maximum atomic E-state index is 12.4. The van der Waals surface area contributed by atoms with E-state index in [1.807, 2.05) is 32.0 Å². The summed E-state index contributed by atoms with van der Waals surface area (Å²) in [6.45, 7) is 7.00. The monoisotopic (exact) mass is 399 g/mol. The van der Waals surface area contributed by atoms with Gasteiger partial charge in [0.25, 0.3) is 0 Å². The third-order valence-electron chi connectivity index (χ3n) is 4.61. The van der Waals surface area contributed by atoms with Crippen LogP contribution in [0.4, 0.5) is 5.69 Å². The topological polar surface area (TPSA) is 45.2 Å². The Morgan fingerprint density at radius 3 is 2.81 bits per heavy atom. The van der Waals surface area contributed by atoms with Crippen LogP contribution in [0.1, 0.15) is 39.7 Å². The molecule has 0 aliphatic rings. The van der Waals surface area contributed by atoms with Gasteiger partial charge in [0.2, 0.25) is 5.91 Å². The van der Waals surface area contributed by atoms with Crippen LogP contribution in [0.3, 0.4) is 0 Å². The van der Waals surface area contributed by atoms with Gasteiger partial charge in [-0.3, -0.25) is 9.69 Å². The third-order valence-corrected chi connectivity index (χ3v) is 6.55. The predicted octanol–water partition coefficient (Wildman–Crippen LogP) is 5.20. The van der Waals surface area contributed by atoms with Crippen molar-refractivity contribution in [3.05, 3.63) is 67.8 Å². The first-order valence-electron chi connectivity index (χ1n) is 8.96. The molecule has 1 unspecified atom stereocenters. The minimum absolute atomic E-state index is 0.0232. The van der Waals surface area contributed by atoms with E-state index in [-0.39, 0.29) is 5.91 Å². The maximum absolute atomic E-state index is 12.4. The van der Waals surface area contributed by atoms with E-state index in [0.717, 1.165) is 34.1 Å². The number of hydrogen-bond acceptors (Lipinski definition) is 5. The SMILES string of the molecule is Cc1ccc(C)c(NC(=O)Cc2nc(CN(C)C(C)c3cccs3)cs2)c1. The van der Waals surface area contributed by atoms with Gasteiger partial charge < -0.3 is 5.32 Å². The summed E-state index contributed by atoms with van der Waals surface area (Å²) in [4.78, 5) is 20.7. The first-order valence-corrected chi connectivity index (χ1v) is 10.7. The molecule has 6 heteroatoms. The summed E-state index contributed by atoms with van der Waals surface area (Å²) in [5.41, 5.74) is 4.09. The Hall–Kier alpha value is -2.02. The van der Waals surface area contributed by atoms with Crippen LogP contribution in [0.15, 0.2) is 41.1 Å². The number of thiophene rings is 1. The van der Waals surface area contributed by atoms with Crippen LogP contribution in [-0.2, 0) is 17.8 Å². The standard InChI is InChI=1S/C21H25N3OS2/c1-14-7-8-15(2)18(10-14)23-20(25)11-21-22-17(13-27-21)12-24(4)16(3)19-6-5-9-26-19/h5-10,13,16H,11-12H2,1-4H3,(H,23,25). The number of aryl methyl sites for hydroxylation is 2. The van der Waals surface area contributed by atoms with Crippen molar-refractivity contribution in [2.75, 3.05) is 12.4 Å². The Kier molecular flexibility index (Phi) is 6.42. The molecular weight excluding hydrogens is 374 g/mol. The summed E-state index contributed by atoms with van der Waals surface area (Å²) >= 11 is 3.33. The van der Waals surface area contributed by atoms with E-state index in [2.05, 4.69) is 52.1 Å². The fourth-order valence-corrected chi connectivity index (χ4v) is 4.48. The van der Waals surface area contributed by atoms with Crippen LogP contribution in [0.2, 0.25) is 0 Å². The third kappa shape index (κ3) is 5.25. The smallest absolute Gasteiger partial charge is 0.231 e. The lowest BCUT2D eigenvalue weighted by atomic mass is 10.1. The summed E-state index contributed by atoms with van der Waals surface area (Å²) in [6.07, 6.45) is 0.308. The van der Waals surface area contributed by atoms with Gasteiger partial charge in [-0.05, 0) is 56.5 Å². The van der Waals surface area contributed by atoms with Crippen LogP contribution in [-0.4, -0.2) is 22.8 Å². The number of carbonyl (C=O) groups is 1. The predicted molar refractivity (Wildman–Crippen MR) is 115 cm³/mol. The normalized spacial score (nSPS) is 12.3. The molecular formula is C21H25N3OS2. The summed E-state index contributed by atoms with van der Waals surface area (Å²) < 4.78 is 0. The number of benzene rings is 1. The molecule has 2 aromatic heterocycles. The quantitative estimate of drug-likeness (QED) is 0.594. The van der Waals surface area contributed by atoms with Crippen LogP contribution < -0.4 is 5.32 Å². The fraction of sp³-hybridized carbons (Fsp3) is 0.333. The fourth-order valence-electron chi connectivity index (χ4n) is 2.84.